The Morgan fingerprint density at radius 2 is 2.00 bits per heavy atom. The highest BCUT2D eigenvalue weighted by atomic mass is 19.1. The second-order valence-electron chi connectivity index (χ2n) is 6.58. The number of aromatic nitrogens is 4. The molecule has 0 saturated heterocycles. The normalized spacial score (nSPS) is 16.3. The first-order valence-electron chi connectivity index (χ1n) is 8.60. The number of hydrogen-bond acceptors (Lipinski definition) is 4. The van der Waals surface area contributed by atoms with Gasteiger partial charge >= 0.3 is 0 Å². The van der Waals surface area contributed by atoms with Crippen LogP contribution in [0.5, 0.6) is 0 Å². The molecule has 0 spiro atoms. The van der Waals surface area contributed by atoms with Crippen LogP contribution in [-0.4, -0.2) is 37.1 Å². The van der Waals surface area contributed by atoms with Crippen molar-refractivity contribution >= 4 is 5.91 Å². The number of hydrogen-bond donors (Lipinski definition) is 0. The van der Waals surface area contributed by atoms with Crippen molar-refractivity contribution in [3.05, 3.63) is 77.1 Å². The molecule has 138 valence electrons. The zero-order valence-electron chi connectivity index (χ0n) is 14.6. The lowest BCUT2D eigenvalue weighted by atomic mass is 10.1. The van der Waals surface area contributed by atoms with Crippen molar-refractivity contribution in [2.45, 2.75) is 25.9 Å². The summed E-state index contributed by atoms with van der Waals surface area (Å²) in [5.74, 6) is -0.915. The van der Waals surface area contributed by atoms with Crippen LogP contribution in [0.15, 0.2) is 42.6 Å². The summed E-state index contributed by atoms with van der Waals surface area (Å²) in [5.41, 5.74) is 0.733. The lowest BCUT2D eigenvalue weighted by molar-refractivity contribution is 0.0668. The van der Waals surface area contributed by atoms with E-state index in [-0.39, 0.29) is 18.3 Å². The van der Waals surface area contributed by atoms with Crippen molar-refractivity contribution < 1.29 is 13.6 Å². The Morgan fingerprint density at radius 1 is 1.22 bits per heavy atom. The van der Waals surface area contributed by atoms with Gasteiger partial charge in [0.25, 0.3) is 5.91 Å². The summed E-state index contributed by atoms with van der Waals surface area (Å²) < 4.78 is 29.0. The second-order valence-corrected chi connectivity index (χ2v) is 6.58. The van der Waals surface area contributed by atoms with Gasteiger partial charge in [0, 0.05) is 19.0 Å². The molecule has 1 amide bonds. The summed E-state index contributed by atoms with van der Waals surface area (Å²) in [6.07, 6.45) is 1.48. The minimum absolute atomic E-state index is 0.0741. The maximum absolute atomic E-state index is 13.9. The SMILES string of the molecule is C[C@H]1CN(C(=O)c2ncc(F)cc2F)Cc2nnc(Cc3ccccc3)n21. The third-order valence-corrected chi connectivity index (χ3v) is 4.60. The van der Waals surface area contributed by atoms with Gasteiger partial charge in [-0.15, -0.1) is 10.2 Å². The number of halogens is 2. The first-order valence-corrected chi connectivity index (χ1v) is 8.60. The van der Waals surface area contributed by atoms with Gasteiger partial charge in [-0.25, -0.2) is 13.8 Å². The van der Waals surface area contributed by atoms with E-state index in [1.165, 1.54) is 4.90 Å². The lowest BCUT2D eigenvalue weighted by Gasteiger charge is -2.32. The fourth-order valence-electron chi connectivity index (χ4n) is 3.39. The Labute approximate surface area is 154 Å². The van der Waals surface area contributed by atoms with Gasteiger partial charge in [0.2, 0.25) is 0 Å². The van der Waals surface area contributed by atoms with E-state index < -0.39 is 17.5 Å². The summed E-state index contributed by atoms with van der Waals surface area (Å²) in [4.78, 5) is 17.7. The summed E-state index contributed by atoms with van der Waals surface area (Å²) >= 11 is 0. The predicted molar refractivity (Wildman–Crippen MR) is 92.9 cm³/mol. The van der Waals surface area contributed by atoms with E-state index in [9.17, 15) is 13.6 Å². The van der Waals surface area contributed by atoms with E-state index >= 15 is 0 Å². The molecule has 0 radical (unpaired) electrons. The van der Waals surface area contributed by atoms with Gasteiger partial charge in [-0.1, -0.05) is 30.3 Å². The molecule has 3 aromatic rings. The van der Waals surface area contributed by atoms with Crippen LogP contribution in [-0.2, 0) is 13.0 Å². The molecule has 0 bridgehead atoms. The lowest BCUT2D eigenvalue weighted by Crippen LogP contribution is -2.41. The molecule has 0 unspecified atom stereocenters. The Balaban J connectivity index is 1.58. The van der Waals surface area contributed by atoms with E-state index in [0.29, 0.717) is 24.9 Å². The van der Waals surface area contributed by atoms with E-state index in [1.807, 2.05) is 41.8 Å². The molecule has 27 heavy (non-hydrogen) atoms. The first kappa shape index (κ1) is 17.3. The summed E-state index contributed by atoms with van der Waals surface area (Å²) in [7, 11) is 0. The van der Waals surface area contributed by atoms with Gasteiger partial charge in [-0.05, 0) is 12.5 Å². The molecule has 3 heterocycles. The monoisotopic (exact) mass is 369 g/mol. The highest BCUT2D eigenvalue weighted by Crippen LogP contribution is 2.24. The molecule has 6 nitrogen and oxygen atoms in total. The average molecular weight is 369 g/mol. The molecule has 2 aromatic heterocycles. The first-order chi connectivity index (χ1) is 13.0. The van der Waals surface area contributed by atoms with Crippen LogP contribution in [0.1, 0.15) is 40.7 Å². The summed E-state index contributed by atoms with van der Waals surface area (Å²) in [6, 6.07) is 10.5. The van der Waals surface area contributed by atoms with Crippen molar-refractivity contribution in [3.8, 4) is 0 Å². The number of benzene rings is 1. The van der Waals surface area contributed by atoms with Crippen LogP contribution in [0.2, 0.25) is 0 Å². The number of amides is 1. The van der Waals surface area contributed by atoms with Crippen molar-refractivity contribution in [1.29, 1.82) is 0 Å². The van der Waals surface area contributed by atoms with E-state index in [4.69, 9.17) is 0 Å². The number of fused-ring (bicyclic) bond motifs is 1. The largest absolute Gasteiger partial charge is 0.328 e. The second kappa shape index (κ2) is 6.86. The molecule has 1 aromatic carbocycles. The zero-order chi connectivity index (χ0) is 19.0. The van der Waals surface area contributed by atoms with Gasteiger partial charge in [0.1, 0.15) is 11.6 Å². The Morgan fingerprint density at radius 3 is 2.74 bits per heavy atom. The number of rotatable bonds is 3. The minimum Gasteiger partial charge on any atom is -0.328 e. The van der Waals surface area contributed by atoms with E-state index in [2.05, 4.69) is 15.2 Å². The van der Waals surface area contributed by atoms with Crippen LogP contribution in [0.25, 0.3) is 0 Å². The number of carbonyl (C=O) groups is 1. The van der Waals surface area contributed by atoms with Crippen molar-refractivity contribution in [1.82, 2.24) is 24.6 Å². The van der Waals surface area contributed by atoms with E-state index in [0.717, 1.165) is 17.6 Å². The fraction of sp³-hybridized carbons (Fsp3) is 0.263. The maximum atomic E-state index is 13.9. The molecule has 1 atom stereocenters. The molecule has 1 aliphatic heterocycles. The van der Waals surface area contributed by atoms with Gasteiger partial charge < -0.3 is 9.47 Å². The molecular formula is C19H17F2N5O. The molecule has 0 fully saturated rings. The summed E-state index contributed by atoms with van der Waals surface area (Å²) in [5, 5.41) is 8.49. The third kappa shape index (κ3) is 3.30. The third-order valence-electron chi connectivity index (χ3n) is 4.60. The highest BCUT2D eigenvalue weighted by Gasteiger charge is 2.31. The Bertz CT molecular complexity index is 989. The zero-order valence-corrected chi connectivity index (χ0v) is 14.6. The smallest absolute Gasteiger partial charge is 0.275 e. The number of pyridine rings is 1. The van der Waals surface area contributed by atoms with E-state index in [1.54, 1.807) is 0 Å². The van der Waals surface area contributed by atoms with Crippen molar-refractivity contribution in [2.75, 3.05) is 6.54 Å². The van der Waals surface area contributed by atoms with Crippen LogP contribution in [0.3, 0.4) is 0 Å². The van der Waals surface area contributed by atoms with Crippen LogP contribution < -0.4 is 0 Å². The van der Waals surface area contributed by atoms with Gasteiger partial charge in [-0.2, -0.15) is 0 Å². The van der Waals surface area contributed by atoms with Crippen LogP contribution in [0.4, 0.5) is 8.78 Å². The van der Waals surface area contributed by atoms with Gasteiger partial charge in [0.05, 0.1) is 18.8 Å². The van der Waals surface area contributed by atoms with Crippen LogP contribution >= 0.6 is 0 Å². The van der Waals surface area contributed by atoms with Crippen molar-refractivity contribution in [2.24, 2.45) is 0 Å². The number of nitrogens with zero attached hydrogens (tertiary/aromatic N) is 5. The quantitative estimate of drug-likeness (QED) is 0.712. The molecule has 0 N–H and O–H groups in total. The molecule has 8 heteroatoms. The predicted octanol–water partition coefficient (Wildman–Crippen LogP) is 2.76. The minimum atomic E-state index is -0.968. The molecule has 1 aliphatic rings. The summed E-state index contributed by atoms with van der Waals surface area (Å²) in [6.45, 7) is 2.52. The average Bonchev–Trinajstić information content (AvgIpc) is 3.05. The van der Waals surface area contributed by atoms with Gasteiger partial charge in [0.15, 0.2) is 17.3 Å². The molecule has 4 rings (SSSR count). The Hall–Kier alpha value is -3.16. The van der Waals surface area contributed by atoms with Crippen molar-refractivity contribution in [3.63, 3.8) is 0 Å². The standard InChI is InChI=1S/C19H17F2N5O/c1-12-10-25(19(27)18-15(21)8-14(20)9-22-18)11-17-24-23-16(26(12)17)7-13-5-3-2-4-6-13/h2-6,8-9,12H,7,10-11H2,1H3/t12-/m0/s1. The fourth-order valence-corrected chi connectivity index (χ4v) is 3.39. The van der Waals surface area contributed by atoms with Gasteiger partial charge in [-0.3, -0.25) is 4.79 Å². The molecule has 0 saturated carbocycles. The Kier molecular flexibility index (Phi) is 4.39. The molecule has 0 aliphatic carbocycles. The maximum Gasteiger partial charge on any atom is 0.275 e. The van der Waals surface area contributed by atoms with Crippen LogP contribution in [0, 0.1) is 11.6 Å². The topological polar surface area (TPSA) is 63.9 Å². The highest BCUT2D eigenvalue weighted by molar-refractivity contribution is 5.92. The number of carbonyl (C=O) groups excluding carboxylic acids is 1. The molecular weight excluding hydrogens is 352 g/mol.